The van der Waals surface area contributed by atoms with Crippen LogP contribution in [-0.4, -0.2) is 23.4 Å². The number of piperidine rings is 1. The molecular formula is C16H24N2O. The summed E-state index contributed by atoms with van der Waals surface area (Å²) in [5.41, 5.74) is 8.68. The molecule has 1 aliphatic rings. The highest BCUT2D eigenvalue weighted by atomic mass is 16.2. The molecule has 3 nitrogen and oxygen atoms in total. The lowest BCUT2D eigenvalue weighted by Crippen LogP contribution is -2.50. The molecule has 2 N–H and O–H groups in total. The smallest absolute Gasteiger partial charge is 0.223 e. The highest BCUT2D eigenvalue weighted by molar-refractivity contribution is 5.78. The van der Waals surface area contributed by atoms with Crippen LogP contribution in [0.25, 0.3) is 0 Å². The summed E-state index contributed by atoms with van der Waals surface area (Å²) in [6, 6.07) is 8.43. The highest BCUT2D eigenvalue weighted by Crippen LogP contribution is 2.31. The van der Waals surface area contributed by atoms with Crippen molar-refractivity contribution in [2.75, 3.05) is 6.54 Å². The summed E-state index contributed by atoms with van der Waals surface area (Å²) in [6.45, 7) is 7.14. The predicted octanol–water partition coefficient (Wildman–Crippen LogP) is 2.64. The van der Waals surface area contributed by atoms with E-state index in [0.29, 0.717) is 12.3 Å². The van der Waals surface area contributed by atoms with Gasteiger partial charge in [0.15, 0.2) is 0 Å². The Morgan fingerprint density at radius 1 is 1.42 bits per heavy atom. The normalized spacial score (nSPS) is 24.1. The summed E-state index contributed by atoms with van der Waals surface area (Å²) >= 11 is 0. The van der Waals surface area contributed by atoms with Crippen molar-refractivity contribution in [2.24, 2.45) is 11.7 Å². The molecule has 1 aromatic carbocycles. The predicted molar refractivity (Wildman–Crippen MR) is 77.7 cm³/mol. The number of nitrogens with two attached hydrogens (primary N) is 1. The first-order valence-electron chi connectivity index (χ1n) is 7.10. The Balaban J connectivity index is 2.33. The van der Waals surface area contributed by atoms with Gasteiger partial charge in [0, 0.05) is 19.0 Å². The lowest BCUT2D eigenvalue weighted by atomic mass is 9.89. The minimum absolute atomic E-state index is 0.0311. The number of aryl methyl sites for hydroxylation is 1. The van der Waals surface area contributed by atoms with Gasteiger partial charge in [0.25, 0.3) is 0 Å². The minimum atomic E-state index is 0.0311. The number of carbonyl (C=O) groups is 1. The first-order chi connectivity index (χ1) is 8.99. The number of likely N-dealkylation sites (tertiary alicyclic amines) is 1. The molecule has 1 aliphatic heterocycles. The maximum atomic E-state index is 12.2. The van der Waals surface area contributed by atoms with Crippen LogP contribution in [0.15, 0.2) is 24.3 Å². The van der Waals surface area contributed by atoms with E-state index in [-0.39, 0.29) is 18.0 Å². The summed E-state index contributed by atoms with van der Waals surface area (Å²) in [4.78, 5) is 14.2. The van der Waals surface area contributed by atoms with Crippen LogP contribution in [0.1, 0.15) is 43.9 Å². The topological polar surface area (TPSA) is 46.3 Å². The summed E-state index contributed by atoms with van der Waals surface area (Å²) in [5.74, 6) is 0.698. The molecule has 0 radical (unpaired) electrons. The molecule has 2 unspecified atom stereocenters. The second-order valence-electron chi connectivity index (χ2n) is 6.00. The number of nitrogens with zero attached hydrogens (tertiary/aromatic N) is 1. The number of hydrogen-bond acceptors (Lipinski definition) is 2. The monoisotopic (exact) mass is 260 g/mol. The van der Waals surface area contributed by atoms with E-state index in [4.69, 9.17) is 5.73 Å². The van der Waals surface area contributed by atoms with Crippen LogP contribution >= 0.6 is 0 Å². The van der Waals surface area contributed by atoms with Gasteiger partial charge in [-0.3, -0.25) is 4.79 Å². The Morgan fingerprint density at radius 3 is 2.79 bits per heavy atom. The van der Waals surface area contributed by atoms with Gasteiger partial charge in [0.1, 0.15) is 0 Å². The molecule has 2 rings (SSSR count). The Bertz CT molecular complexity index is 456. The molecule has 0 bridgehead atoms. The third-order valence-corrected chi connectivity index (χ3v) is 3.70. The number of hydrogen-bond donors (Lipinski definition) is 1. The van der Waals surface area contributed by atoms with E-state index in [2.05, 4.69) is 39.0 Å². The average Bonchev–Trinajstić information content (AvgIpc) is 2.33. The van der Waals surface area contributed by atoms with Crippen molar-refractivity contribution in [3.8, 4) is 0 Å². The van der Waals surface area contributed by atoms with E-state index in [1.165, 1.54) is 11.1 Å². The number of carbonyl (C=O) groups excluding carboxylic acids is 1. The van der Waals surface area contributed by atoms with Crippen LogP contribution < -0.4 is 5.73 Å². The van der Waals surface area contributed by atoms with Crippen LogP contribution in [0.3, 0.4) is 0 Å². The largest absolute Gasteiger partial charge is 0.334 e. The van der Waals surface area contributed by atoms with Crippen LogP contribution in [0.5, 0.6) is 0 Å². The number of rotatable bonds is 3. The Kier molecular flexibility index (Phi) is 4.25. The summed E-state index contributed by atoms with van der Waals surface area (Å²) < 4.78 is 0. The molecule has 0 saturated carbocycles. The van der Waals surface area contributed by atoms with Crippen molar-refractivity contribution >= 4 is 5.91 Å². The Hall–Kier alpha value is -1.35. The standard InChI is InChI=1S/C16H24N2O/c1-11(2)10-18-15(19)8-7-14(17)16(18)13-6-4-5-12(3)9-13/h4-6,9,11,14,16H,7-8,10,17H2,1-3H3. The Morgan fingerprint density at radius 2 is 2.16 bits per heavy atom. The van der Waals surface area contributed by atoms with E-state index < -0.39 is 0 Å². The van der Waals surface area contributed by atoms with Crippen molar-refractivity contribution in [1.82, 2.24) is 4.90 Å². The SMILES string of the molecule is Cc1cccc(C2C(N)CCC(=O)N2CC(C)C)c1. The van der Waals surface area contributed by atoms with Gasteiger partial charge >= 0.3 is 0 Å². The fourth-order valence-corrected chi connectivity index (χ4v) is 2.87. The van der Waals surface area contributed by atoms with E-state index in [9.17, 15) is 4.79 Å². The molecular weight excluding hydrogens is 236 g/mol. The van der Waals surface area contributed by atoms with E-state index >= 15 is 0 Å². The lowest BCUT2D eigenvalue weighted by molar-refractivity contribution is -0.138. The maximum Gasteiger partial charge on any atom is 0.223 e. The molecule has 1 fully saturated rings. The molecule has 104 valence electrons. The van der Waals surface area contributed by atoms with E-state index in [0.717, 1.165) is 13.0 Å². The maximum absolute atomic E-state index is 12.2. The molecule has 1 amide bonds. The minimum Gasteiger partial charge on any atom is -0.334 e. The van der Waals surface area contributed by atoms with Gasteiger partial charge in [-0.25, -0.2) is 0 Å². The van der Waals surface area contributed by atoms with Crippen molar-refractivity contribution in [2.45, 2.75) is 45.7 Å². The third kappa shape index (κ3) is 3.16. The van der Waals surface area contributed by atoms with E-state index in [1.54, 1.807) is 0 Å². The van der Waals surface area contributed by atoms with Crippen molar-refractivity contribution in [3.05, 3.63) is 35.4 Å². The first kappa shape index (κ1) is 14.1. The van der Waals surface area contributed by atoms with Crippen LogP contribution in [0.2, 0.25) is 0 Å². The van der Waals surface area contributed by atoms with Gasteiger partial charge in [0.05, 0.1) is 6.04 Å². The van der Waals surface area contributed by atoms with E-state index in [1.807, 2.05) is 11.0 Å². The first-order valence-corrected chi connectivity index (χ1v) is 7.10. The van der Waals surface area contributed by atoms with Crippen LogP contribution in [0, 0.1) is 12.8 Å². The zero-order chi connectivity index (χ0) is 14.0. The van der Waals surface area contributed by atoms with Crippen molar-refractivity contribution < 1.29 is 4.79 Å². The van der Waals surface area contributed by atoms with Gasteiger partial charge in [-0.05, 0) is 24.8 Å². The number of amides is 1. The molecule has 2 atom stereocenters. The highest BCUT2D eigenvalue weighted by Gasteiger charge is 2.34. The molecule has 0 aromatic heterocycles. The molecule has 19 heavy (non-hydrogen) atoms. The molecule has 3 heteroatoms. The molecule has 1 saturated heterocycles. The zero-order valence-corrected chi connectivity index (χ0v) is 12.1. The quantitative estimate of drug-likeness (QED) is 0.908. The molecule has 1 aromatic rings. The average molecular weight is 260 g/mol. The summed E-state index contributed by atoms with van der Waals surface area (Å²) in [6.07, 6.45) is 1.36. The zero-order valence-electron chi connectivity index (χ0n) is 12.1. The lowest BCUT2D eigenvalue weighted by Gasteiger charge is -2.41. The van der Waals surface area contributed by atoms with Gasteiger partial charge < -0.3 is 10.6 Å². The van der Waals surface area contributed by atoms with Gasteiger partial charge in [-0.1, -0.05) is 43.7 Å². The summed E-state index contributed by atoms with van der Waals surface area (Å²) in [5, 5.41) is 0. The van der Waals surface area contributed by atoms with Gasteiger partial charge in [0.2, 0.25) is 5.91 Å². The van der Waals surface area contributed by atoms with Crippen LogP contribution in [-0.2, 0) is 4.79 Å². The molecule has 0 aliphatic carbocycles. The Labute approximate surface area is 115 Å². The molecule has 0 spiro atoms. The second-order valence-corrected chi connectivity index (χ2v) is 6.00. The molecule has 1 heterocycles. The summed E-state index contributed by atoms with van der Waals surface area (Å²) in [7, 11) is 0. The fraction of sp³-hybridized carbons (Fsp3) is 0.562. The fourth-order valence-electron chi connectivity index (χ4n) is 2.87. The number of benzene rings is 1. The van der Waals surface area contributed by atoms with Gasteiger partial charge in [-0.2, -0.15) is 0 Å². The van der Waals surface area contributed by atoms with Gasteiger partial charge in [-0.15, -0.1) is 0 Å². The third-order valence-electron chi connectivity index (χ3n) is 3.70. The van der Waals surface area contributed by atoms with Crippen LogP contribution in [0.4, 0.5) is 0 Å². The second kappa shape index (κ2) is 5.74. The van der Waals surface area contributed by atoms with Crippen molar-refractivity contribution in [3.63, 3.8) is 0 Å². The van der Waals surface area contributed by atoms with Crippen molar-refractivity contribution in [1.29, 1.82) is 0 Å².